The number of nitrogens with one attached hydrogen (secondary N) is 1. The lowest BCUT2D eigenvalue weighted by molar-refractivity contribution is 0.0925. The average Bonchev–Trinajstić information content (AvgIpc) is 3.20. The summed E-state index contributed by atoms with van der Waals surface area (Å²) < 4.78 is 8.04. The first kappa shape index (κ1) is 17.7. The summed E-state index contributed by atoms with van der Waals surface area (Å²) in [6.07, 6.45) is 4.86. The van der Waals surface area contributed by atoms with Gasteiger partial charge < -0.3 is 4.42 Å². The van der Waals surface area contributed by atoms with Crippen molar-refractivity contribution < 1.29 is 9.21 Å². The van der Waals surface area contributed by atoms with Gasteiger partial charge in [0.1, 0.15) is 5.76 Å². The highest BCUT2D eigenvalue weighted by Gasteiger charge is 2.11. The molecule has 3 rings (SSSR count). The third-order valence-corrected chi connectivity index (χ3v) is 4.23. The highest BCUT2D eigenvalue weighted by Crippen LogP contribution is 2.22. The second-order valence-electron chi connectivity index (χ2n) is 4.96. The second kappa shape index (κ2) is 7.86. The summed E-state index contributed by atoms with van der Waals surface area (Å²) >= 11 is 15.4. The molecule has 1 N–H and O–H groups in total. The lowest BCUT2D eigenvalue weighted by atomic mass is 10.2. The summed E-state index contributed by atoms with van der Waals surface area (Å²) in [6.45, 7) is 0.414. The Balaban J connectivity index is 1.63. The van der Waals surface area contributed by atoms with Crippen LogP contribution >= 0.6 is 39.1 Å². The summed E-state index contributed by atoms with van der Waals surface area (Å²) in [5, 5.41) is 8.87. The van der Waals surface area contributed by atoms with E-state index in [9.17, 15) is 4.79 Å². The van der Waals surface area contributed by atoms with Crippen LogP contribution in [0.15, 0.2) is 56.7 Å². The molecule has 0 aliphatic carbocycles. The van der Waals surface area contributed by atoms with Crippen molar-refractivity contribution in [3.05, 3.63) is 74.3 Å². The van der Waals surface area contributed by atoms with E-state index in [0.29, 0.717) is 27.9 Å². The van der Waals surface area contributed by atoms with Crippen LogP contribution < -0.4 is 5.43 Å². The Hall–Kier alpha value is -2.09. The molecule has 3 aromatic rings. The quantitative estimate of drug-likeness (QED) is 0.472. The van der Waals surface area contributed by atoms with Crippen molar-refractivity contribution in [2.24, 2.45) is 5.10 Å². The van der Waals surface area contributed by atoms with E-state index < -0.39 is 5.91 Å². The van der Waals surface area contributed by atoms with Crippen molar-refractivity contribution in [1.29, 1.82) is 0 Å². The van der Waals surface area contributed by atoms with Gasteiger partial charge in [-0.1, -0.05) is 29.3 Å². The third-order valence-electron chi connectivity index (χ3n) is 3.16. The molecule has 1 aromatic carbocycles. The number of carbonyl (C=O) groups is 1. The van der Waals surface area contributed by atoms with E-state index in [1.165, 1.54) is 6.21 Å². The van der Waals surface area contributed by atoms with Gasteiger partial charge >= 0.3 is 5.91 Å². The minimum Gasteiger partial charge on any atom is -0.454 e. The van der Waals surface area contributed by atoms with Gasteiger partial charge in [-0.15, -0.1) is 0 Å². The molecule has 6 nitrogen and oxygen atoms in total. The lowest BCUT2D eigenvalue weighted by Gasteiger charge is -2.01. The zero-order chi connectivity index (χ0) is 17.8. The standard InChI is InChI=1S/C16H11BrCl2N4O2/c17-10-6-21-23(8-10)9-11-4-5-15(25-11)16(24)22-20-7-12-13(18)2-1-3-14(12)19/h1-8H,9H2,(H,22,24). The number of furan rings is 1. The molecule has 0 aliphatic heterocycles. The van der Waals surface area contributed by atoms with Crippen LogP contribution in [0.4, 0.5) is 0 Å². The Morgan fingerprint density at radius 3 is 2.76 bits per heavy atom. The predicted octanol–water partition coefficient (Wildman–Crippen LogP) is 4.36. The summed E-state index contributed by atoms with van der Waals surface area (Å²) in [6, 6.07) is 8.37. The number of halogens is 3. The monoisotopic (exact) mass is 440 g/mol. The Labute approximate surface area is 161 Å². The molecule has 0 unspecified atom stereocenters. The number of benzene rings is 1. The van der Waals surface area contributed by atoms with Gasteiger partial charge in [0.05, 0.1) is 33.5 Å². The van der Waals surface area contributed by atoms with Gasteiger partial charge in [0.2, 0.25) is 0 Å². The molecule has 0 saturated carbocycles. The number of nitrogens with zero attached hydrogens (tertiary/aromatic N) is 3. The normalized spacial score (nSPS) is 11.2. The molecule has 128 valence electrons. The van der Waals surface area contributed by atoms with E-state index in [-0.39, 0.29) is 5.76 Å². The summed E-state index contributed by atoms with van der Waals surface area (Å²) in [5.74, 6) is 0.259. The fourth-order valence-corrected chi connectivity index (χ4v) is 2.84. The predicted molar refractivity (Wildman–Crippen MR) is 99.3 cm³/mol. The van der Waals surface area contributed by atoms with E-state index in [1.807, 2.05) is 0 Å². The minimum absolute atomic E-state index is 0.142. The highest BCUT2D eigenvalue weighted by molar-refractivity contribution is 9.10. The van der Waals surface area contributed by atoms with E-state index in [2.05, 4.69) is 31.6 Å². The maximum atomic E-state index is 12.1. The second-order valence-corrected chi connectivity index (χ2v) is 6.69. The van der Waals surface area contributed by atoms with Gasteiger partial charge in [0.15, 0.2) is 5.76 Å². The molecule has 0 radical (unpaired) electrons. The molecule has 0 saturated heterocycles. The van der Waals surface area contributed by atoms with Gasteiger partial charge in [-0.25, -0.2) is 5.43 Å². The number of hydrogen-bond donors (Lipinski definition) is 1. The third kappa shape index (κ3) is 4.50. The summed E-state index contributed by atoms with van der Waals surface area (Å²) in [5.41, 5.74) is 2.90. The van der Waals surface area contributed by atoms with Crippen LogP contribution in [0.1, 0.15) is 21.9 Å². The fraction of sp³-hybridized carbons (Fsp3) is 0.0625. The van der Waals surface area contributed by atoms with Crippen molar-refractivity contribution >= 4 is 51.3 Å². The number of hydrazone groups is 1. The van der Waals surface area contributed by atoms with Gasteiger partial charge in [-0.3, -0.25) is 9.48 Å². The van der Waals surface area contributed by atoms with Gasteiger partial charge in [-0.2, -0.15) is 10.2 Å². The van der Waals surface area contributed by atoms with Crippen LogP contribution in [-0.4, -0.2) is 21.9 Å². The molecule has 2 heterocycles. The van der Waals surface area contributed by atoms with E-state index in [4.69, 9.17) is 27.6 Å². The molecule has 0 bridgehead atoms. The average molecular weight is 442 g/mol. The van der Waals surface area contributed by atoms with E-state index in [1.54, 1.807) is 47.4 Å². The largest absolute Gasteiger partial charge is 0.454 e. The molecule has 0 spiro atoms. The Kier molecular flexibility index (Phi) is 5.57. The maximum Gasteiger partial charge on any atom is 0.307 e. The summed E-state index contributed by atoms with van der Waals surface area (Å²) in [4.78, 5) is 12.1. The number of carbonyl (C=O) groups excluding carboxylic acids is 1. The van der Waals surface area contributed by atoms with Crippen LogP contribution in [0, 0.1) is 0 Å². The van der Waals surface area contributed by atoms with Crippen LogP contribution in [0.25, 0.3) is 0 Å². The molecule has 2 aromatic heterocycles. The smallest absolute Gasteiger partial charge is 0.307 e. The summed E-state index contributed by atoms with van der Waals surface area (Å²) in [7, 11) is 0. The fourth-order valence-electron chi connectivity index (χ4n) is 2.01. The molecule has 9 heteroatoms. The minimum atomic E-state index is -0.479. The zero-order valence-electron chi connectivity index (χ0n) is 12.6. The van der Waals surface area contributed by atoms with Crippen molar-refractivity contribution in [2.45, 2.75) is 6.54 Å². The van der Waals surface area contributed by atoms with Crippen LogP contribution in [0.5, 0.6) is 0 Å². The van der Waals surface area contributed by atoms with E-state index >= 15 is 0 Å². The number of rotatable bonds is 5. The van der Waals surface area contributed by atoms with Crippen LogP contribution in [-0.2, 0) is 6.54 Å². The van der Waals surface area contributed by atoms with Crippen molar-refractivity contribution in [1.82, 2.24) is 15.2 Å². The maximum absolute atomic E-state index is 12.1. The topological polar surface area (TPSA) is 72.4 Å². The lowest BCUT2D eigenvalue weighted by Crippen LogP contribution is -2.16. The van der Waals surface area contributed by atoms with Crippen molar-refractivity contribution in [2.75, 3.05) is 0 Å². The first-order chi connectivity index (χ1) is 12.0. The van der Waals surface area contributed by atoms with E-state index in [0.717, 1.165) is 4.47 Å². The van der Waals surface area contributed by atoms with Gasteiger partial charge in [0.25, 0.3) is 0 Å². The molecular formula is C16H11BrCl2N4O2. The van der Waals surface area contributed by atoms with Crippen LogP contribution in [0.2, 0.25) is 10.0 Å². The first-order valence-electron chi connectivity index (χ1n) is 7.07. The molecule has 25 heavy (non-hydrogen) atoms. The number of amides is 1. The Morgan fingerprint density at radius 2 is 2.08 bits per heavy atom. The van der Waals surface area contributed by atoms with Gasteiger partial charge in [-0.05, 0) is 40.2 Å². The van der Waals surface area contributed by atoms with Crippen molar-refractivity contribution in [3.63, 3.8) is 0 Å². The first-order valence-corrected chi connectivity index (χ1v) is 8.62. The highest BCUT2D eigenvalue weighted by atomic mass is 79.9. The number of hydrogen-bond acceptors (Lipinski definition) is 4. The SMILES string of the molecule is O=C(NN=Cc1c(Cl)cccc1Cl)c1ccc(Cn2cc(Br)cn2)o1. The van der Waals surface area contributed by atoms with Gasteiger partial charge in [0, 0.05) is 11.8 Å². The molecular weight excluding hydrogens is 431 g/mol. The number of aromatic nitrogens is 2. The molecule has 0 aliphatic rings. The molecule has 1 amide bonds. The Morgan fingerprint density at radius 1 is 1.32 bits per heavy atom. The molecule has 0 fully saturated rings. The Bertz CT molecular complexity index is 916. The van der Waals surface area contributed by atoms with Crippen LogP contribution in [0.3, 0.4) is 0 Å². The zero-order valence-corrected chi connectivity index (χ0v) is 15.7. The van der Waals surface area contributed by atoms with Crippen molar-refractivity contribution in [3.8, 4) is 0 Å². The molecule has 0 atom stereocenters.